The summed E-state index contributed by atoms with van der Waals surface area (Å²) < 4.78 is 24.0. The van der Waals surface area contributed by atoms with E-state index in [-0.39, 0.29) is 12.4 Å². The van der Waals surface area contributed by atoms with E-state index < -0.39 is 0 Å². The Morgan fingerprint density at radius 3 is 2.75 bits per heavy atom. The number of nitrogens with zero attached hydrogens (tertiary/aromatic N) is 1. The van der Waals surface area contributed by atoms with Crippen LogP contribution in [-0.4, -0.2) is 13.3 Å². The van der Waals surface area contributed by atoms with Gasteiger partial charge in [-0.05, 0) is 41.5 Å². The number of halogens is 1. The molecule has 0 radical (unpaired) electrons. The van der Waals surface area contributed by atoms with Crippen molar-refractivity contribution in [3.05, 3.63) is 59.4 Å². The van der Waals surface area contributed by atoms with Gasteiger partial charge in [-0.25, -0.2) is 4.39 Å². The first kappa shape index (κ1) is 13.9. The Labute approximate surface area is 116 Å². The van der Waals surface area contributed by atoms with E-state index in [0.717, 1.165) is 11.1 Å². The predicted molar refractivity (Wildman–Crippen MR) is 75.5 cm³/mol. The number of methoxy groups -OCH3 is 1. The molecule has 0 heterocycles. The minimum absolute atomic E-state index is 0.247. The molecule has 0 spiro atoms. The molecule has 2 aromatic rings. The molecule has 2 N–H and O–H groups in total. The van der Waals surface area contributed by atoms with Gasteiger partial charge in [-0.3, -0.25) is 0 Å². The van der Waals surface area contributed by atoms with Crippen LogP contribution >= 0.6 is 0 Å². The Bertz CT molecular complexity index is 615. The van der Waals surface area contributed by atoms with Crippen LogP contribution in [-0.2, 0) is 6.61 Å². The summed E-state index contributed by atoms with van der Waals surface area (Å²) in [4.78, 5) is 0. The van der Waals surface area contributed by atoms with Crippen LogP contribution in [0.1, 0.15) is 11.1 Å². The van der Waals surface area contributed by atoms with E-state index in [1.165, 1.54) is 18.3 Å². The molecule has 2 rings (SSSR count). The highest BCUT2D eigenvalue weighted by molar-refractivity contribution is 5.80. The molecule has 0 aromatic heterocycles. The van der Waals surface area contributed by atoms with E-state index in [1.807, 2.05) is 6.07 Å². The van der Waals surface area contributed by atoms with E-state index in [4.69, 9.17) is 15.3 Å². The van der Waals surface area contributed by atoms with Gasteiger partial charge in [0.05, 0.1) is 13.3 Å². The minimum atomic E-state index is -0.290. The molecule has 2 aromatic carbocycles. The maximum atomic E-state index is 13.1. The lowest BCUT2D eigenvalue weighted by atomic mass is 10.2. The van der Waals surface area contributed by atoms with Gasteiger partial charge in [0.2, 0.25) is 0 Å². The highest BCUT2D eigenvalue weighted by Crippen LogP contribution is 2.28. The fourth-order valence-electron chi connectivity index (χ4n) is 1.76. The highest BCUT2D eigenvalue weighted by Gasteiger charge is 2.06. The average Bonchev–Trinajstić information content (AvgIpc) is 2.46. The van der Waals surface area contributed by atoms with Crippen LogP contribution in [0.5, 0.6) is 11.5 Å². The van der Waals surface area contributed by atoms with Crippen molar-refractivity contribution in [3.63, 3.8) is 0 Å². The monoisotopic (exact) mass is 274 g/mol. The van der Waals surface area contributed by atoms with Crippen molar-refractivity contribution in [2.45, 2.75) is 6.61 Å². The van der Waals surface area contributed by atoms with Gasteiger partial charge in [-0.1, -0.05) is 12.1 Å². The number of ether oxygens (including phenoxy) is 2. The molecule has 0 atom stereocenters. The summed E-state index contributed by atoms with van der Waals surface area (Å²) in [5, 5.41) is 3.46. The first-order valence-corrected chi connectivity index (χ1v) is 6.01. The first-order chi connectivity index (χ1) is 9.72. The van der Waals surface area contributed by atoms with E-state index in [9.17, 15) is 4.39 Å². The Kier molecular flexibility index (Phi) is 4.55. The number of rotatable bonds is 5. The summed E-state index contributed by atoms with van der Waals surface area (Å²) in [6.45, 7) is 0.247. The molecule has 0 amide bonds. The summed E-state index contributed by atoms with van der Waals surface area (Å²) in [5.74, 6) is 5.97. The fourth-order valence-corrected chi connectivity index (χ4v) is 1.76. The zero-order valence-electron chi connectivity index (χ0n) is 11.0. The maximum Gasteiger partial charge on any atom is 0.162 e. The lowest BCUT2D eigenvalue weighted by Gasteiger charge is -2.11. The molecule has 0 aliphatic heterocycles. The number of benzene rings is 2. The molecule has 0 saturated carbocycles. The second-order valence-electron chi connectivity index (χ2n) is 4.11. The van der Waals surface area contributed by atoms with Crippen molar-refractivity contribution in [2.75, 3.05) is 7.11 Å². The van der Waals surface area contributed by atoms with Crippen LogP contribution in [0.4, 0.5) is 4.39 Å². The van der Waals surface area contributed by atoms with Crippen molar-refractivity contribution in [3.8, 4) is 11.5 Å². The van der Waals surface area contributed by atoms with E-state index in [1.54, 1.807) is 31.4 Å². The van der Waals surface area contributed by atoms with Crippen LogP contribution in [0.15, 0.2) is 47.6 Å². The van der Waals surface area contributed by atoms with E-state index >= 15 is 0 Å². The van der Waals surface area contributed by atoms with Crippen LogP contribution in [0.3, 0.4) is 0 Å². The van der Waals surface area contributed by atoms with E-state index in [2.05, 4.69) is 5.10 Å². The molecular weight excluding hydrogens is 259 g/mol. The molecular formula is C15H15FN2O2. The van der Waals surface area contributed by atoms with Gasteiger partial charge < -0.3 is 15.3 Å². The molecule has 5 heteroatoms. The number of hydrogen-bond acceptors (Lipinski definition) is 4. The molecule has 4 nitrogen and oxygen atoms in total. The van der Waals surface area contributed by atoms with Crippen LogP contribution in [0.25, 0.3) is 0 Å². The van der Waals surface area contributed by atoms with Crippen LogP contribution in [0.2, 0.25) is 0 Å². The second kappa shape index (κ2) is 6.56. The maximum absolute atomic E-state index is 13.1. The van der Waals surface area contributed by atoms with E-state index in [0.29, 0.717) is 11.5 Å². The molecule has 0 aliphatic carbocycles. The van der Waals surface area contributed by atoms with Crippen molar-refractivity contribution in [1.29, 1.82) is 0 Å². The quantitative estimate of drug-likeness (QED) is 0.518. The van der Waals surface area contributed by atoms with Gasteiger partial charge in [0.1, 0.15) is 12.4 Å². The lowest BCUT2D eigenvalue weighted by Crippen LogP contribution is -1.99. The summed E-state index contributed by atoms with van der Waals surface area (Å²) in [5.41, 5.74) is 1.53. The van der Waals surface area contributed by atoms with Crippen molar-refractivity contribution in [1.82, 2.24) is 0 Å². The number of nitrogens with two attached hydrogens (primary N) is 1. The number of hydrogen-bond donors (Lipinski definition) is 1. The van der Waals surface area contributed by atoms with Crippen molar-refractivity contribution in [2.24, 2.45) is 10.9 Å². The van der Waals surface area contributed by atoms with Gasteiger partial charge in [0, 0.05) is 0 Å². The van der Waals surface area contributed by atoms with Gasteiger partial charge in [0.25, 0.3) is 0 Å². The van der Waals surface area contributed by atoms with Crippen molar-refractivity contribution < 1.29 is 13.9 Å². The van der Waals surface area contributed by atoms with Gasteiger partial charge >= 0.3 is 0 Å². The summed E-state index contributed by atoms with van der Waals surface area (Å²) >= 11 is 0. The third kappa shape index (κ3) is 3.47. The highest BCUT2D eigenvalue weighted by atomic mass is 19.1. The molecule has 0 saturated heterocycles. The molecule has 20 heavy (non-hydrogen) atoms. The smallest absolute Gasteiger partial charge is 0.162 e. The molecule has 104 valence electrons. The van der Waals surface area contributed by atoms with Gasteiger partial charge in [0.15, 0.2) is 11.5 Å². The SMILES string of the molecule is COc1ccc(C=NN)cc1OCc1cccc(F)c1. The zero-order chi connectivity index (χ0) is 14.4. The molecule has 0 unspecified atom stereocenters. The van der Waals surface area contributed by atoms with Crippen molar-refractivity contribution >= 4 is 6.21 Å². The third-order valence-corrected chi connectivity index (χ3v) is 2.69. The number of hydrazone groups is 1. The lowest BCUT2D eigenvalue weighted by molar-refractivity contribution is 0.284. The Hall–Kier alpha value is -2.56. The first-order valence-electron chi connectivity index (χ1n) is 6.01. The third-order valence-electron chi connectivity index (χ3n) is 2.69. The standard InChI is InChI=1S/C15H15FN2O2/c1-19-14-6-5-11(9-18-17)8-15(14)20-10-12-3-2-4-13(16)7-12/h2-9H,10,17H2,1H3. The van der Waals surface area contributed by atoms with Crippen LogP contribution in [0, 0.1) is 5.82 Å². The largest absolute Gasteiger partial charge is 0.493 e. The Morgan fingerprint density at radius 1 is 1.20 bits per heavy atom. The average molecular weight is 274 g/mol. The minimum Gasteiger partial charge on any atom is -0.493 e. The zero-order valence-corrected chi connectivity index (χ0v) is 11.0. The predicted octanol–water partition coefficient (Wildman–Crippen LogP) is 2.71. The summed E-state index contributed by atoms with van der Waals surface area (Å²) in [6.07, 6.45) is 1.51. The summed E-state index contributed by atoms with van der Waals surface area (Å²) in [6, 6.07) is 11.6. The van der Waals surface area contributed by atoms with Gasteiger partial charge in [-0.2, -0.15) is 5.10 Å². The molecule has 0 aliphatic rings. The van der Waals surface area contributed by atoms with Crippen LogP contribution < -0.4 is 15.3 Å². The topological polar surface area (TPSA) is 56.8 Å². The Balaban J connectivity index is 2.17. The molecule has 0 bridgehead atoms. The normalized spacial score (nSPS) is 10.7. The summed E-state index contributed by atoms with van der Waals surface area (Å²) in [7, 11) is 1.56. The Morgan fingerprint density at radius 2 is 2.05 bits per heavy atom. The molecule has 0 fully saturated rings. The second-order valence-corrected chi connectivity index (χ2v) is 4.11. The fraction of sp³-hybridized carbons (Fsp3) is 0.133. The van der Waals surface area contributed by atoms with Gasteiger partial charge in [-0.15, -0.1) is 0 Å².